The number of aromatic nitrogens is 1. The fourth-order valence-electron chi connectivity index (χ4n) is 1.31. The molecule has 0 bridgehead atoms. The molecule has 0 amide bonds. The zero-order valence-electron chi connectivity index (χ0n) is 8.00. The van der Waals surface area contributed by atoms with E-state index >= 15 is 0 Å². The topological polar surface area (TPSA) is 39.1 Å². The summed E-state index contributed by atoms with van der Waals surface area (Å²) in [6.07, 6.45) is 2.90. The van der Waals surface area contributed by atoms with Crippen LogP contribution in [0.25, 0.3) is 0 Å². The van der Waals surface area contributed by atoms with Crippen molar-refractivity contribution in [3.05, 3.63) is 60.4 Å². The van der Waals surface area contributed by atoms with Gasteiger partial charge in [-0.2, -0.15) is 0 Å². The van der Waals surface area contributed by atoms with Gasteiger partial charge in [-0.25, -0.2) is 8.42 Å². The van der Waals surface area contributed by atoms with Crippen LogP contribution in [0, 0.1) is 6.07 Å². The molecule has 0 saturated heterocycles. The van der Waals surface area contributed by atoms with E-state index in [2.05, 4.69) is 6.07 Å². The summed E-state index contributed by atoms with van der Waals surface area (Å²) in [5.41, 5.74) is 0.784. The van der Waals surface area contributed by atoms with Gasteiger partial charge in [0.05, 0.1) is 5.75 Å². The smallest absolute Gasteiger partial charge is 0.242 e. The summed E-state index contributed by atoms with van der Waals surface area (Å²) < 4.78 is 24.8. The molecule has 1 aromatic heterocycles. The van der Waals surface area contributed by atoms with Crippen LogP contribution < -0.4 is 0 Å². The molecular weight excluding hydrogens is 210 g/mol. The molecule has 0 N–H and O–H groups in total. The van der Waals surface area contributed by atoms with Crippen LogP contribution in [-0.4, -0.2) is 12.4 Å². The molecule has 0 aliphatic heterocycles. The maximum atomic E-state index is 11.8. The summed E-state index contributed by atoms with van der Waals surface area (Å²) in [5.74, 6) is 0.0103. The van der Waals surface area contributed by atoms with Crippen molar-refractivity contribution in [1.29, 1.82) is 0 Å². The average molecular weight is 220 g/mol. The quantitative estimate of drug-likeness (QED) is 0.789. The van der Waals surface area contributed by atoms with E-state index in [1.54, 1.807) is 18.2 Å². The van der Waals surface area contributed by atoms with Crippen molar-refractivity contribution in [2.45, 2.75) is 5.75 Å². The molecule has 1 aromatic carbocycles. The monoisotopic (exact) mass is 220 g/mol. The molecular formula is C11H10NO2S. The molecule has 0 unspecified atom stereocenters. The van der Waals surface area contributed by atoms with Crippen molar-refractivity contribution in [2.75, 3.05) is 0 Å². The molecule has 4 heteroatoms. The van der Waals surface area contributed by atoms with E-state index in [4.69, 9.17) is 0 Å². The van der Waals surface area contributed by atoms with E-state index in [0.717, 1.165) is 5.56 Å². The van der Waals surface area contributed by atoms with Crippen molar-refractivity contribution in [3.8, 4) is 0 Å². The zero-order chi connectivity index (χ0) is 10.7. The van der Waals surface area contributed by atoms with E-state index in [0.29, 0.717) is 0 Å². The van der Waals surface area contributed by atoms with Crippen LogP contribution >= 0.6 is 0 Å². The Hall–Kier alpha value is -1.55. The summed E-state index contributed by atoms with van der Waals surface area (Å²) in [6.45, 7) is 0. The number of nitrogens with zero attached hydrogens (tertiary/aromatic N) is 1. The van der Waals surface area contributed by atoms with Crippen molar-refractivity contribution in [3.63, 3.8) is 0 Å². The predicted octanol–water partition coefficient (Wildman–Crippen LogP) is 1.67. The largest absolute Gasteiger partial charge is 0.252 e. The standard InChI is InChI=1S/C11H10NO2S/c13-15(14,12-8-4-5-9-12)10-11-6-2-1-3-7-11/h1-4,6-9H,10H2. The van der Waals surface area contributed by atoms with Crippen LogP contribution in [0.15, 0.2) is 48.8 Å². The third-order valence-electron chi connectivity index (χ3n) is 2.03. The van der Waals surface area contributed by atoms with Crippen LogP contribution in [0.1, 0.15) is 5.56 Å². The van der Waals surface area contributed by atoms with Gasteiger partial charge in [-0.1, -0.05) is 30.3 Å². The molecule has 77 valence electrons. The normalized spacial score (nSPS) is 11.5. The van der Waals surface area contributed by atoms with Gasteiger partial charge in [0.25, 0.3) is 0 Å². The average Bonchev–Trinajstić information content (AvgIpc) is 2.71. The second-order valence-corrected chi connectivity index (χ2v) is 5.06. The van der Waals surface area contributed by atoms with Crippen LogP contribution in [0.4, 0.5) is 0 Å². The molecule has 2 aromatic rings. The second-order valence-electron chi connectivity index (χ2n) is 3.18. The van der Waals surface area contributed by atoms with E-state index in [1.165, 1.54) is 16.4 Å². The van der Waals surface area contributed by atoms with Gasteiger partial charge in [0.15, 0.2) is 0 Å². The third-order valence-corrected chi connectivity index (χ3v) is 3.60. The van der Waals surface area contributed by atoms with Crippen molar-refractivity contribution in [2.24, 2.45) is 0 Å². The number of benzene rings is 1. The van der Waals surface area contributed by atoms with Gasteiger partial charge in [-0.05, 0) is 11.6 Å². The van der Waals surface area contributed by atoms with Gasteiger partial charge in [-0.3, -0.25) is 3.97 Å². The third kappa shape index (κ3) is 2.27. The Kier molecular flexibility index (Phi) is 2.60. The predicted molar refractivity (Wildman–Crippen MR) is 57.7 cm³/mol. The maximum absolute atomic E-state index is 11.8. The first-order valence-corrected chi connectivity index (χ1v) is 6.11. The molecule has 2 rings (SSSR count). The molecule has 15 heavy (non-hydrogen) atoms. The molecule has 0 atom stereocenters. The fourth-order valence-corrected chi connectivity index (χ4v) is 2.54. The Balaban J connectivity index is 2.27. The highest BCUT2D eigenvalue weighted by molar-refractivity contribution is 7.89. The molecule has 3 nitrogen and oxygen atoms in total. The Bertz CT molecular complexity index is 515. The highest BCUT2D eigenvalue weighted by Crippen LogP contribution is 2.08. The van der Waals surface area contributed by atoms with Crippen LogP contribution in [0.2, 0.25) is 0 Å². The van der Waals surface area contributed by atoms with E-state index in [1.807, 2.05) is 18.2 Å². The van der Waals surface area contributed by atoms with Crippen molar-refractivity contribution >= 4 is 10.0 Å². The highest BCUT2D eigenvalue weighted by atomic mass is 32.2. The lowest BCUT2D eigenvalue weighted by Gasteiger charge is -2.04. The van der Waals surface area contributed by atoms with Gasteiger partial charge in [0.2, 0.25) is 10.0 Å². The Labute approximate surface area is 89.0 Å². The minimum atomic E-state index is -3.28. The lowest BCUT2D eigenvalue weighted by molar-refractivity contribution is 0.586. The minimum absolute atomic E-state index is 0.0103. The van der Waals surface area contributed by atoms with Crippen LogP contribution in [0.5, 0.6) is 0 Å². The second kappa shape index (κ2) is 3.90. The molecule has 0 aliphatic rings. The van der Waals surface area contributed by atoms with Gasteiger partial charge >= 0.3 is 0 Å². The molecule has 1 radical (unpaired) electrons. The van der Waals surface area contributed by atoms with E-state index in [-0.39, 0.29) is 5.75 Å². The van der Waals surface area contributed by atoms with Crippen molar-refractivity contribution in [1.82, 2.24) is 3.97 Å². The minimum Gasteiger partial charge on any atom is -0.252 e. The van der Waals surface area contributed by atoms with Gasteiger partial charge in [-0.15, -0.1) is 0 Å². The first-order valence-electron chi connectivity index (χ1n) is 4.50. The Morgan fingerprint density at radius 2 is 1.93 bits per heavy atom. The maximum Gasteiger partial charge on any atom is 0.242 e. The zero-order valence-corrected chi connectivity index (χ0v) is 8.81. The SMILES string of the molecule is O=S(=O)(Cc1ccccc1)n1c[c]cc1. The van der Waals surface area contributed by atoms with Crippen LogP contribution in [-0.2, 0) is 15.8 Å². The molecule has 1 heterocycles. The number of rotatable bonds is 3. The Morgan fingerprint density at radius 1 is 1.20 bits per heavy atom. The van der Waals surface area contributed by atoms with Crippen molar-refractivity contribution < 1.29 is 8.42 Å². The fraction of sp³-hybridized carbons (Fsp3) is 0.0909. The summed E-state index contributed by atoms with van der Waals surface area (Å²) in [6, 6.07) is 13.4. The first kappa shape index (κ1) is 9.98. The number of hydrogen-bond acceptors (Lipinski definition) is 2. The summed E-state index contributed by atoms with van der Waals surface area (Å²) in [4.78, 5) is 0. The molecule has 0 saturated carbocycles. The summed E-state index contributed by atoms with van der Waals surface area (Å²) >= 11 is 0. The van der Waals surface area contributed by atoms with Gasteiger partial charge in [0.1, 0.15) is 0 Å². The number of hydrogen-bond donors (Lipinski definition) is 0. The van der Waals surface area contributed by atoms with Gasteiger partial charge in [0, 0.05) is 18.5 Å². The first-order chi connectivity index (χ1) is 7.18. The molecule has 0 spiro atoms. The van der Waals surface area contributed by atoms with E-state index in [9.17, 15) is 8.42 Å². The summed E-state index contributed by atoms with van der Waals surface area (Å²) in [7, 11) is -3.28. The highest BCUT2D eigenvalue weighted by Gasteiger charge is 2.12. The van der Waals surface area contributed by atoms with E-state index < -0.39 is 10.0 Å². The van der Waals surface area contributed by atoms with Crippen LogP contribution in [0.3, 0.4) is 0 Å². The van der Waals surface area contributed by atoms with Gasteiger partial charge < -0.3 is 0 Å². The molecule has 0 aliphatic carbocycles. The molecule has 0 fully saturated rings. The Morgan fingerprint density at radius 3 is 2.53 bits per heavy atom. The lowest BCUT2D eigenvalue weighted by atomic mass is 10.2. The summed E-state index contributed by atoms with van der Waals surface area (Å²) in [5, 5.41) is 0. The lowest BCUT2D eigenvalue weighted by Crippen LogP contribution is -2.12.